The summed E-state index contributed by atoms with van der Waals surface area (Å²) in [6.07, 6.45) is 2.05. The van der Waals surface area contributed by atoms with Crippen molar-refractivity contribution in [2.45, 2.75) is 26.7 Å². The average molecular weight is 353 g/mol. The maximum atomic E-state index is 9.00. The SMILES string of the molecule is CCCc1nc(-c2cccc(NCCO)n2)c(-c2ccccc2C)s1. The molecule has 5 heteroatoms. The molecule has 130 valence electrons. The monoisotopic (exact) mass is 353 g/mol. The van der Waals surface area contributed by atoms with Crippen LogP contribution in [0.2, 0.25) is 0 Å². The molecule has 0 atom stereocenters. The van der Waals surface area contributed by atoms with E-state index in [9.17, 15) is 0 Å². The molecule has 1 aromatic carbocycles. The van der Waals surface area contributed by atoms with E-state index in [1.165, 1.54) is 16.0 Å². The third-order valence-electron chi connectivity index (χ3n) is 3.93. The Bertz CT molecular complexity index is 844. The molecule has 3 aromatic rings. The van der Waals surface area contributed by atoms with Crippen LogP contribution < -0.4 is 5.32 Å². The van der Waals surface area contributed by atoms with E-state index < -0.39 is 0 Å². The highest BCUT2D eigenvalue weighted by molar-refractivity contribution is 7.15. The number of nitrogens with zero attached hydrogens (tertiary/aromatic N) is 2. The number of nitrogens with one attached hydrogen (secondary N) is 1. The van der Waals surface area contributed by atoms with E-state index in [2.05, 4.69) is 43.4 Å². The quantitative estimate of drug-likeness (QED) is 0.655. The molecule has 0 aliphatic carbocycles. The first-order chi connectivity index (χ1) is 12.2. The summed E-state index contributed by atoms with van der Waals surface area (Å²) in [6, 6.07) is 14.3. The van der Waals surface area contributed by atoms with Crippen LogP contribution in [0.3, 0.4) is 0 Å². The van der Waals surface area contributed by atoms with E-state index >= 15 is 0 Å². The Morgan fingerprint density at radius 1 is 1.08 bits per heavy atom. The standard InChI is InChI=1S/C20H23N3OS/c1-3-7-18-23-19(16-10-6-11-17(22-16)21-12-13-24)20(25-18)15-9-5-4-8-14(15)2/h4-6,8-11,24H,3,7,12-13H2,1-2H3,(H,21,22). The van der Waals surface area contributed by atoms with E-state index in [1.807, 2.05) is 18.2 Å². The van der Waals surface area contributed by atoms with Crippen molar-refractivity contribution in [1.29, 1.82) is 0 Å². The first-order valence-electron chi connectivity index (χ1n) is 8.60. The predicted molar refractivity (Wildman–Crippen MR) is 105 cm³/mol. The second-order valence-electron chi connectivity index (χ2n) is 5.91. The summed E-state index contributed by atoms with van der Waals surface area (Å²) < 4.78 is 0. The number of aromatic nitrogens is 2. The summed E-state index contributed by atoms with van der Waals surface area (Å²) in [6.45, 7) is 4.87. The van der Waals surface area contributed by atoms with Gasteiger partial charge >= 0.3 is 0 Å². The Hall–Kier alpha value is -2.24. The second-order valence-corrected chi connectivity index (χ2v) is 6.99. The van der Waals surface area contributed by atoms with Gasteiger partial charge in [0.1, 0.15) is 11.5 Å². The van der Waals surface area contributed by atoms with Gasteiger partial charge in [0.2, 0.25) is 0 Å². The number of hydrogen-bond donors (Lipinski definition) is 2. The molecule has 25 heavy (non-hydrogen) atoms. The molecule has 0 fully saturated rings. The molecule has 0 aliphatic heterocycles. The molecular formula is C20H23N3OS. The number of aryl methyl sites for hydroxylation is 2. The third kappa shape index (κ3) is 4.06. The number of anilines is 1. The van der Waals surface area contributed by atoms with Crippen molar-refractivity contribution in [3.63, 3.8) is 0 Å². The van der Waals surface area contributed by atoms with Gasteiger partial charge in [-0.2, -0.15) is 0 Å². The molecule has 0 amide bonds. The number of pyridine rings is 1. The smallest absolute Gasteiger partial charge is 0.126 e. The first-order valence-corrected chi connectivity index (χ1v) is 9.42. The number of hydrogen-bond acceptors (Lipinski definition) is 5. The Morgan fingerprint density at radius 2 is 1.92 bits per heavy atom. The van der Waals surface area contributed by atoms with Crippen LogP contribution >= 0.6 is 11.3 Å². The van der Waals surface area contributed by atoms with Gasteiger partial charge in [0.25, 0.3) is 0 Å². The van der Waals surface area contributed by atoms with Gasteiger partial charge in [-0.1, -0.05) is 37.3 Å². The summed E-state index contributed by atoms with van der Waals surface area (Å²) in [5.41, 5.74) is 4.26. The zero-order chi connectivity index (χ0) is 17.6. The molecule has 3 rings (SSSR count). The zero-order valence-electron chi connectivity index (χ0n) is 14.6. The van der Waals surface area contributed by atoms with Crippen LogP contribution in [0.25, 0.3) is 21.8 Å². The maximum absolute atomic E-state index is 9.00. The molecule has 4 nitrogen and oxygen atoms in total. The fourth-order valence-corrected chi connectivity index (χ4v) is 3.98. The largest absolute Gasteiger partial charge is 0.395 e. The first kappa shape index (κ1) is 17.6. The van der Waals surface area contributed by atoms with Crippen LogP contribution in [0.15, 0.2) is 42.5 Å². The molecule has 2 N–H and O–H groups in total. The Labute approximate surface area is 152 Å². The minimum Gasteiger partial charge on any atom is -0.395 e. The minimum atomic E-state index is 0.0811. The van der Waals surface area contributed by atoms with E-state index in [0.717, 1.165) is 35.1 Å². The lowest BCUT2D eigenvalue weighted by Gasteiger charge is -2.08. The predicted octanol–water partition coefficient (Wildman–Crippen LogP) is 4.54. The number of thiazole rings is 1. The van der Waals surface area contributed by atoms with Crippen molar-refractivity contribution in [2.24, 2.45) is 0 Å². The minimum absolute atomic E-state index is 0.0811. The zero-order valence-corrected chi connectivity index (χ0v) is 15.4. The normalized spacial score (nSPS) is 10.8. The highest BCUT2D eigenvalue weighted by Crippen LogP contribution is 2.38. The fraction of sp³-hybridized carbons (Fsp3) is 0.300. The second kappa shape index (κ2) is 8.23. The van der Waals surface area contributed by atoms with E-state index in [1.54, 1.807) is 11.3 Å². The van der Waals surface area contributed by atoms with Gasteiger partial charge in [0.05, 0.1) is 22.2 Å². The molecule has 0 spiro atoms. The molecule has 2 aromatic heterocycles. The topological polar surface area (TPSA) is 58.0 Å². The molecule has 0 saturated carbocycles. The van der Waals surface area contributed by atoms with Gasteiger partial charge in [-0.15, -0.1) is 11.3 Å². The summed E-state index contributed by atoms with van der Waals surface area (Å²) >= 11 is 1.76. The van der Waals surface area contributed by atoms with Crippen LogP contribution in [0.4, 0.5) is 5.82 Å². The maximum Gasteiger partial charge on any atom is 0.126 e. The molecule has 0 unspecified atom stereocenters. The van der Waals surface area contributed by atoms with E-state index in [0.29, 0.717) is 6.54 Å². The van der Waals surface area contributed by atoms with Crippen LogP contribution in [-0.2, 0) is 6.42 Å². The van der Waals surface area contributed by atoms with Gasteiger partial charge in [0, 0.05) is 6.54 Å². The summed E-state index contributed by atoms with van der Waals surface area (Å²) in [5.74, 6) is 0.757. The van der Waals surface area contributed by atoms with Crippen molar-refractivity contribution >= 4 is 17.2 Å². The van der Waals surface area contributed by atoms with Crippen molar-refractivity contribution in [3.05, 3.63) is 53.0 Å². The van der Waals surface area contributed by atoms with Gasteiger partial charge < -0.3 is 10.4 Å². The molecule has 0 aliphatic rings. The molecular weight excluding hydrogens is 330 g/mol. The lowest BCUT2D eigenvalue weighted by Crippen LogP contribution is -2.07. The van der Waals surface area contributed by atoms with E-state index in [4.69, 9.17) is 15.1 Å². The molecule has 2 heterocycles. The van der Waals surface area contributed by atoms with Gasteiger partial charge in [-0.25, -0.2) is 9.97 Å². The van der Waals surface area contributed by atoms with Crippen LogP contribution in [-0.4, -0.2) is 28.2 Å². The lowest BCUT2D eigenvalue weighted by atomic mass is 10.1. The highest BCUT2D eigenvalue weighted by atomic mass is 32.1. The number of aliphatic hydroxyl groups excluding tert-OH is 1. The van der Waals surface area contributed by atoms with Gasteiger partial charge in [-0.3, -0.25) is 0 Å². The third-order valence-corrected chi connectivity index (χ3v) is 5.08. The summed E-state index contributed by atoms with van der Waals surface area (Å²) in [4.78, 5) is 10.8. The highest BCUT2D eigenvalue weighted by Gasteiger charge is 2.17. The Morgan fingerprint density at radius 3 is 2.68 bits per heavy atom. The lowest BCUT2D eigenvalue weighted by molar-refractivity contribution is 0.311. The van der Waals surface area contributed by atoms with Crippen molar-refractivity contribution in [3.8, 4) is 21.8 Å². The summed E-state index contributed by atoms with van der Waals surface area (Å²) in [7, 11) is 0. The van der Waals surface area contributed by atoms with Crippen LogP contribution in [0.5, 0.6) is 0 Å². The van der Waals surface area contributed by atoms with Gasteiger partial charge in [-0.05, 0) is 43.0 Å². The fourth-order valence-electron chi connectivity index (χ4n) is 2.72. The number of aliphatic hydroxyl groups is 1. The Kier molecular flexibility index (Phi) is 5.79. The van der Waals surface area contributed by atoms with E-state index in [-0.39, 0.29) is 6.61 Å². The van der Waals surface area contributed by atoms with Crippen molar-refractivity contribution in [1.82, 2.24) is 9.97 Å². The summed E-state index contributed by atoms with van der Waals surface area (Å²) in [5, 5.41) is 13.3. The molecule has 0 saturated heterocycles. The van der Waals surface area contributed by atoms with Gasteiger partial charge in [0.15, 0.2) is 0 Å². The van der Waals surface area contributed by atoms with Crippen LogP contribution in [0.1, 0.15) is 23.9 Å². The number of benzene rings is 1. The van der Waals surface area contributed by atoms with Crippen molar-refractivity contribution in [2.75, 3.05) is 18.5 Å². The Balaban J connectivity index is 2.07. The average Bonchev–Trinajstić information content (AvgIpc) is 3.05. The van der Waals surface area contributed by atoms with Crippen molar-refractivity contribution < 1.29 is 5.11 Å². The van der Waals surface area contributed by atoms with Crippen LogP contribution in [0, 0.1) is 6.92 Å². The molecule has 0 bridgehead atoms. The number of rotatable bonds is 7. The molecule has 0 radical (unpaired) electrons.